The standard InChI is InChI=1S/C25H26N4O4S/c1-5-22-28-29-23(26)18(24(30)27-25(29)34-22)13-17-7-9-20(21(14-17)31-4)33-11-10-32-19-8-6-15(2)12-16(19)3/h6-9,12-14,26H,5,10-11H2,1-4H3/b18-13-,26-23?. The molecule has 34 heavy (non-hydrogen) atoms. The lowest BCUT2D eigenvalue weighted by Gasteiger charge is -2.20. The molecule has 0 saturated heterocycles. The van der Waals surface area contributed by atoms with Gasteiger partial charge in [0.2, 0.25) is 5.17 Å². The van der Waals surface area contributed by atoms with Gasteiger partial charge in [0.05, 0.1) is 12.7 Å². The Morgan fingerprint density at radius 3 is 2.50 bits per heavy atom. The lowest BCUT2D eigenvalue weighted by Crippen LogP contribution is -2.35. The zero-order valence-corrected chi connectivity index (χ0v) is 20.4. The van der Waals surface area contributed by atoms with E-state index in [1.165, 1.54) is 22.3 Å². The van der Waals surface area contributed by atoms with Crippen molar-refractivity contribution in [3.63, 3.8) is 0 Å². The number of amides is 1. The fourth-order valence-electron chi connectivity index (χ4n) is 3.50. The van der Waals surface area contributed by atoms with Crippen LogP contribution in [0.5, 0.6) is 17.2 Å². The van der Waals surface area contributed by atoms with Crippen molar-refractivity contribution >= 4 is 39.8 Å². The highest BCUT2D eigenvalue weighted by Gasteiger charge is 2.35. The van der Waals surface area contributed by atoms with Crippen molar-refractivity contribution in [2.24, 2.45) is 10.1 Å². The number of aryl methyl sites for hydroxylation is 2. The Bertz CT molecular complexity index is 1240. The summed E-state index contributed by atoms with van der Waals surface area (Å²) in [4.78, 5) is 16.6. The van der Waals surface area contributed by atoms with Gasteiger partial charge in [-0.15, -0.1) is 0 Å². The van der Waals surface area contributed by atoms with Crippen LogP contribution < -0.4 is 14.2 Å². The predicted molar refractivity (Wildman–Crippen MR) is 135 cm³/mol. The number of fused-ring (bicyclic) bond motifs is 1. The third-order valence-corrected chi connectivity index (χ3v) is 6.28. The third-order valence-electron chi connectivity index (χ3n) is 5.23. The quantitative estimate of drug-likeness (QED) is 0.432. The van der Waals surface area contributed by atoms with Gasteiger partial charge in [-0.2, -0.15) is 15.1 Å². The van der Waals surface area contributed by atoms with Crippen molar-refractivity contribution in [3.05, 3.63) is 58.7 Å². The van der Waals surface area contributed by atoms with Gasteiger partial charge in [-0.05, 0) is 67.4 Å². The third kappa shape index (κ3) is 4.99. The number of rotatable bonds is 8. The van der Waals surface area contributed by atoms with Crippen LogP contribution in [0.4, 0.5) is 0 Å². The van der Waals surface area contributed by atoms with Gasteiger partial charge >= 0.3 is 0 Å². The first kappa shape index (κ1) is 23.6. The van der Waals surface area contributed by atoms with Gasteiger partial charge in [-0.3, -0.25) is 10.2 Å². The highest BCUT2D eigenvalue weighted by Crippen LogP contribution is 2.32. The summed E-state index contributed by atoms with van der Waals surface area (Å²) < 4.78 is 17.1. The van der Waals surface area contributed by atoms with Gasteiger partial charge in [-0.25, -0.2) is 0 Å². The molecule has 0 fully saturated rings. The molecule has 0 atom stereocenters. The van der Waals surface area contributed by atoms with E-state index < -0.39 is 5.91 Å². The fraction of sp³-hybridized carbons (Fsp3) is 0.280. The summed E-state index contributed by atoms with van der Waals surface area (Å²) >= 11 is 1.32. The van der Waals surface area contributed by atoms with E-state index in [0.29, 0.717) is 35.4 Å². The van der Waals surface area contributed by atoms with Crippen LogP contribution in [0, 0.1) is 19.3 Å². The number of thioether (sulfide) groups is 1. The average molecular weight is 479 g/mol. The zero-order chi connectivity index (χ0) is 24.2. The van der Waals surface area contributed by atoms with E-state index in [9.17, 15) is 4.79 Å². The molecule has 4 rings (SSSR count). The molecule has 2 heterocycles. The van der Waals surface area contributed by atoms with Crippen LogP contribution in [-0.2, 0) is 4.79 Å². The van der Waals surface area contributed by atoms with Crippen molar-refractivity contribution < 1.29 is 19.0 Å². The molecular weight excluding hydrogens is 452 g/mol. The van der Waals surface area contributed by atoms with Crippen LogP contribution >= 0.6 is 11.8 Å². The smallest absolute Gasteiger partial charge is 0.283 e. The molecule has 0 unspecified atom stereocenters. The second kappa shape index (κ2) is 10.1. The molecule has 2 aromatic carbocycles. The Morgan fingerprint density at radius 1 is 1.06 bits per heavy atom. The summed E-state index contributed by atoms with van der Waals surface area (Å²) in [6.45, 7) is 6.76. The first-order valence-electron chi connectivity index (χ1n) is 10.9. The predicted octanol–water partition coefficient (Wildman–Crippen LogP) is 4.80. The topological polar surface area (TPSA) is 96.6 Å². The van der Waals surface area contributed by atoms with Crippen LogP contribution in [-0.4, -0.2) is 47.3 Å². The number of methoxy groups -OCH3 is 1. The largest absolute Gasteiger partial charge is 0.493 e. The maximum absolute atomic E-state index is 12.5. The number of hydrazone groups is 1. The molecule has 2 aliphatic heterocycles. The number of carbonyl (C=O) groups excluding carboxylic acids is 1. The first-order chi connectivity index (χ1) is 16.4. The van der Waals surface area contributed by atoms with Crippen LogP contribution in [0.2, 0.25) is 0 Å². The van der Waals surface area contributed by atoms with Crippen molar-refractivity contribution in [3.8, 4) is 17.2 Å². The fourth-order valence-corrected chi connectivity index (χ4v) is 4.32. The Kier molecular flexibility index (Phi) is 7.02. The zero-order valence-electron chi connectivity index (χ0n) is 19.5. The Balaban J connectivity index is 1.44. The van der Waals surface area contributed by atoms with Gasteiger partial charge < -0.3 is 14.2 Å². The first-order valence-corrected chi connectivity index (χ1v) is 11.7. The molecule has 0 aromatic heterocycles. The van der Waals surface area contributed by atoms with Crippen molar-refractivity contribution in [2.45, 2.75) is 27.2 Å². The van der Waals surface area contributed by atoms with Crippen molar-refractivity contribution in [1.82, 2.24) is 5.01 Å². The van der Waals surface area contributed by atoms with E-state index in [0.717, 1.165) is 22.8 Å². The lowest BCUT2D eigenvalue weighted by molar-refractivity contribution is -0.114. The van der Waals surface area contributed by atoms with E-state index in [4.69, 9.17) is 19.6 Å². The SMILES string of the molecule is CCC1=NN2C(=N)/C(=C/c3ccc(OCCOc4ccc(C)cc4C)c(OC)c3)C(=O)N=C2S1. The summed E-state index contributed by atoms with van der Waals surface area (Å²) in [6.07, 6.45) is 2.33. The minimum Gasteiger partial charge on any atom is -0.493 e. The van der Waals surface area contributed by atoms with E-state index in [1.807, 2.05) is 32.9 Å². The molecule has 2 aromatic rings. The van der Waals surface area contributed by atoms with Crippen LogP contribution in [0.1, 0.15) is 30.0 Å². The van der Waals surface area contributed by atoms with E-state index in [2.05, 4.69) is 16.2 Å². The molecule has 1 amide bonds. The normalized spacial score (nSPS) is 16.4. The molecule has 0 spiro atoms. The molecule has 176 valence electrons. The summed E-state index contributed by atoms with van der Waals surface area (Å²) in [7, 11) is 1.55. The number of benzene rings is 2. The maximum Gasteiger partial charge on any atom is 0.283 e. The van der Waals surface area contributed by atoms with Gasteiger partial charge in [0.1, 0.15) is 24.0 Å². The van der Waals surface area contributed by atoms with Crippen molar-refractivity contribution in [2.75, 3.05) is 20.3 Å². The summed E-state index contributed by atoms with van der Waals surface area (Å²) in [5, 5.41) is 15.4. The van der Waals surface area contributed by atoms with Gasteiger partial charge in [0.15, 0.2) is 17.3 Å². The number of aliphatic imine (C=N–C) groups is 1. The van der Waals surface area contributed by atoms with E-state index in [-0.39, 0.29) is 11.4 Å². The number of nitrogens with zero attached hydrogens (tertiary/aromatic N) is 3. The van der Waals surface area contributed by atoms with Crippen LogP contribution in [0.15, 0.2) is 52.1 Å². The number of ether oxygens (including phenoxy) is 3. The molecule has 1 N–H and O–H groups in total. The molecule has 2 aliphatic rings. The molecule has 8 nitrogen and oxygen atoms in total. The number of amidine groups is 2. The second-order valence-electron chi connectivity index (χ2n) is 7.74. The minimum atomic E-state index is -0.459. The summed E-state index contributed by atoms with van der Waals surface area (Å²) in [5.41, 5.74) is 3.13. The van der Waals surface area contributed by atoms with E-state index in [1.54, 1.807) is 31.4 Å². The second-order valence-corrected chi connectivity index (χ2v) is 8.78. The highest BCUT2D eigenvalue weighted by molar-refractivity contribution is 8.26. The average Bonchev–Trinajstić information content (AvgIpc) is 3.24. The number of carbonyl (C=O) groups is 1. The monoisotopic (exact) mass is 478 g/mol. The number of hydrogen-bond acceptors (Lipinski definition) is 7. The van der Waals surface area contributed by atoms with Gasteiger partial charge in [0, 0.05) is 0 Å². The number of nitrogens with one attached hydrogen (secondary N) is 1. The highest BCUT2D eigenvalue weighted by atomic mass is 32.2. The Hall–Kier alpha value is -3.59. The molecule has 0 saturated carbocycles. The Morgan fingerprint density at radius 2 is 1.79 bits per heavy atom. The molecular formula is C25H26N4O4S. The van der Waals surface area contributed by atoms with Crippen LogP contribution in [0.25, 0.3) is 6.08 Å². The van der Waals surface area contributed by atoms with Crippen molar-refractivity contribution in [1.29, 1.82) is 5.41 Å². The lowest BCUT2D eigenvalue weighted by atomic mass is 10.1. The maximum atomic E-state index is 12.5. The summed E-state index contributed by atoms with van der Waals surface area (Å²) in [6, 6.07) is 11.4. The Labute approximate surface area is 202 Å². The summed E-state index contributed by atoms with van der Waals surface area (Å²) in [5.74, 6) is 1.46. The molecule has 0 bridgehead atoms. The number of hydrogen-bond donors (Lipinski definition) is 1. The van der Waals surface area contributed by atoms with Gasteiger partial charge in [-0.1, -0.05) is 30.7 Å². The minimum absolute atomic E-state index is 0.00814. The molecule has 0 aliphatic carbocycles. The van der Waals surface area contributed by atoms with E-state index >= 15 is 0 Å². The van der Waals surface area contributed by atoms with Gasteiger partial charge in [0.25, 0.3) is 5.91 Å². The van der Waals surface area contributed by atoms with Crippen LogP contribution in [0.3, 0.4) is 0 Å². The molecule has 9 heteroatoms. The molecule has 0 radical (unpaired) electrons.